The summed E-state index contributed by atoms with van der Waals surface area (Å²) in [5, 5.41) is 0. The first-order valence-electron chi connectivity index (χ1n) is 8.95. The fourth-order valence-electron chi connectivity index (χ4n) is 2.74. The predicted molar refractivity (Wildman–Crippen MR) is 109 cm³/mol. The zero-order chi connectivity index (χ0) is 21.7. The van der Waals surface area contributed by atoms with Crippen molar-refractivity contribution >= 4 is 28.5 Å². The van der Waals surface area contributed by atoms with Crippen molar-refractivity contribution in [2.75, 3.05) is 6.61 Å². The van der Waals surface area contributed by atoms with Gasteiger partial charge in [0.1, 0.15) is 0 Å². The van der Waals surface area contributed by atoms with E-state index in [1.54, 1.807) is 18.3 Å². The maximum atomic E-state index is 12.2. The van der Waals surface area contributed by atoms with Gasteiger partial charge in [-0.25, -0.2) is 4.98 Å². The van der Waals surface area contributed by atoms with Crippen LogP contribution >= 0.6 is 15.9 Å². The minimum Gasteiger partial charge on any atom is -0.468 e. The summed E-state index contributed by atoms with van der Waals surface area (Å²) in [7, 11) is -0.673. The van der Waals surface area contributed by atoms with Crippen molar-refractivity contribution in [1.82, 2.24) is 10.4 Å². The van der Waals surface area contributed by atoms with Crippen LogP contribution in [-0.4, -0.2) is 36.1 Å². The van der Waals surface area contributed by atoms with Crippen molar-refractivity contribution in [3.63, 3.8) is 0 Å². The fraction of sp³-hybridized carbons (Fsp3) is 0.500. The SMILES string of the molecule is CC1(C)OB(c2ccc(OCC(F)(F)F)nc2)OC1(C)CC/C=C(Br)\C=C/NN. The number of nitrogens with two attached hydrogens (primary N) is 1. The van der Waals surface area contributed by atoms with Gasteiger partial charge in [0, 0.05) is 22.3 Å². The van der Waals surface area contributed by atoms with Gasteiger partial charge in [-0.2, -0.15) is 13.2 Å². The quantitative estimate of drug-likeness (QED) is 0.259. The van der Waals surface area contributed by atoms with E-state index >= 15 is 0 Å². The molecule has 29 heavy (non-hydrogen) atoms. The highest BCUT2D eigenvalue weighted by molar-refractivity contribution is 9.11. The number of hydrazine groups is 1. The second kappa shape index (κ2) is 9.50. The van der Waals surface area contributed by atoms with Gasteiger partial charge in [-0.05, 0) is 45.8 Å². The van der Waals surface area contributed by atoms with Crippen LogP contribution in [0.25, 0.3) is 0 Å². The summed E-state index contributed by atoms with van der Waals surface area (Å²) in [6, 6.07) is 2.96. The normalized spacial score (nSPS) is 22.3. The molecule has 0 radical (unpaired) electrons. The van der Waals surface area contributed by atoms with Crippen molar-refractivity contribution in [1.29, 1.82) is 0 Å². The number of alkyl halides is 3. The Labute approximate surface area is 176 Å². The van der Waals surface area contributed by atoms with Gasteiger partial charge in [0.2, 0.25) is 5.88 Å². The highest BCUT2D eigenvalue weighted by Gasteiger charge is 2.54. The highest BCUT2D eigenvalue weighted by atomic mass is 79.9. The number of nitrogens with zero attached hydrogens (tertiary/aromatic N) is 1. The lowest BCUT2D eigenvalue weighted by Gasteiger charge is -2.36. The summed E-state index contributed by atoms with van der Waals surface area (Å²) in [5.74, 6) is 5.08. The third-order valence-electron chi connectivity index (χ3n) is 4.76. The molecule has 0 spiro atoms. The first-order chi connectivity index (χ1) is 13.5. The first kappa shape index (κ1) is 23.7. The third kappa shape index (κ3) is 6.73. The van der Waals surface area contributed by atoms with Gasteiger partial charge >= 0.3 is 13.3 Å². The largest absolute Gasteiger partial charge is 0.496 e. The number of hydrogen-bond acceptors (Lipinski definition) is 6. The molecule has 160 valence electrons. The molecule has 1 unspecified atom stereocenters. The van der Waals surface area contributed by atoms with Crippen LogP contribution in [-0.2, 0) is 9.31 Å². The zero-order valence-corrected chi connectivity index (χ0v) is 18.0. The van der Waals surface area contributed by atoms with Crippen LogP contribution in [0.4, 0.5) is 13.2 Å². The van der Waals surface area contributed by atoms with E-state index in [4.69, 9.17) is 15.2 Å². The first-order valence-corrected chi connectivity index (χ1v) is 9.74. The number of halogens is 4. The topological polar surface area (TPSA) is 78.6 Å². The summed E-state index contributed by atoms with van der Waals surface area (Å²) in [5.41, 5.74) is 1.87. The molecule has 1 atom stereocenters. The summed E-state index contributed by atoms with van der Waals surface area (Å²) >= 11 is 3.43. The standard InChI is InChI=1S/C18H24BBrF3N3O3/c1-16(2)17(3,9-4-5-14(20)8-10-26-24)29-19(28-16)13-6-7-15(25-11-13)27-12-18(21,22)23/h5-8,10-11,26H,4,9,12,24H2,1-3H3/b10-8-,14-5+. The Bertz CT molecular complexity index is 744. The van der Waals surface area contributed by atoms with Crippen LogP contribution in [0.2, 0.25) is 0 Å². The van der Waals surface area contributed by atoms with Crippen LogP contribution in [0.15, 0.2) is 41.2 Å². The van der Waals surface area contributed by atoms with E-state index in [1.807, 2.05) is 26.8 Å². The van der Waals surface area contributed by atoms with Gasteiger partial charge in [0.05, 0.1) is 11.2 Å². The molecule has 11 heteroatoms. The highest BCUT2D eigenvalue weighted by Crippen LogP contribution is 2.40. The fourth-order valence-corrected chi connectivity index (χ4v) is 3.11. The molecule has 3 N–H and O–H groups in total. The molecule has 0 saturated carbocycles. The lowest BCUT2D eigenvalue weighted by atomic mass is 9.80. The summed E-state index contributed by atoms with van der Waals surface area (Å²) in [6.07, 6.45) is 3.80. The van der Waals surface area contributed by atoms with Crippen molar-refractivity contribution in [3.05, 3.63) is 41.2 Å². The predicted octanol–water partition coefficient (Wildman–Crippen LogP) is 3.34. The van der Waals surface area contributed by atoms with Gasteiger partial charge in [-0.15, -0.1) is 0 Å². The van der Waals surface area contributed by atoms with Crippen LogP contribution in [0.1, 0.15) is 33.6 Å². The van der Waals surface area contributed by atoms with E-state index < -0.39 is 31.1 Å². The lowest BCUT2D eigenvalue weighted by molar-refractivity contribution is -0.154. The lowest BCUT2D eigenvalue weighted by Crippen LogP contribution is -2.44. The summed E-state index contributed by atoms with van der Waals surface area (Å²) in [4.78, 5) is 3.91. The van der Waals surface area contributed by atoms with E-state index in [-0.39, 0.29) is 5.88 Å². The molecule has 1 fully saturated rings. The van der Waals surface area contributed by atoms with E-state index in [2.05, 4.69) is 31.1 Å². The Morgan fingerprint density at radius 2 is 2.07 bits per heavy atom. The van der Waals surface area contributed by atoms with Gasteiger partial charge in [-0.3, -0.25) is 5.84 Å². The monoisotopic (exact) mass is 477 g/mol. The number of rotatable bonds is 8. The van der Waals surface area contributed by atoms with Crippen molar-refractivity contribution in [3.8, 4) is 5.88 Å². The minimum absolute atomic E-state index is 0.110. The average Bonchev–Trinajstić information content (AvgIpc) is 2.87. The molecule has 0 aliphatic carbocycles. The molecule has 1 aliphatic heterocycles. The van der Waals surface area contributed by atoms with Crippen molar-refractivity contribution in [2.24, 2.45) is 5.84 Å². The number of nitrogens with one attached hydrogen (secondary N) is 1. The molecule has 0 aromatic carbocycles. The Hall–Kier alpha value is -1.56. The van der Waals surface area contributed by atoms with E-state index in [0.717, 1.165) is 10.9 Å². The van der Waals surface area contributed by atoms with Crippen molar-refractivity contribution in [2.45, 2.75) is 51.0 Å². The Balaban J connectivity index is 2.01. The molecular formula is C18H24BBrF3N3O3. The number of allylic oxidation sites excluding steroid dienone is 3. The minimum atomic E-state index is -4.41. The van der Waals surface area contributed by atoms with E-state index in [9.17, 15) is 13.2 Å². The molecule has 6 nitrogen and oxygen atoms in total. The maximum Gasteiger partial charge on any atom is 0.496 e. The van der Waals surface area contributed by atoms with Crippen LogP contribution < -0.4 is 21.5 Å². The second-order valence-electron chi connectivity index (χ2n) is 7.27. The van der Waals surface area contributed by atoms with Gasteiger partial charge in [0.15, 0.2) is 6.61 Å². The van der Waals surface area contributed by atoms with Gasteiger partial charge in [-0.1, -0.05) is 28.1 Å². The van der Waals surface area contributed by atoms with Crippen LogP contribution in [0.3, 0.4) is 0 Å². The molecule has 2 rings (SSSR count). The number of aromatic nitrogens is 1. The number of ether oxygens (including phenoxy) is 1. The van der Waals surface area contributed by atoms with E-state index in [1.165, 1.54) is 12.3 Å². The zero-order valence-electron chi connectivity index (χ0n) is 16.4. The van der Waals surface area contributed by atoms with Crippen molar-refractivity contribution < 1.29 is 27.2 Å². The number of pyridine rings is 1. The van der Waals surface area contributed by atoms with E-state index in [0.29, 0.717) is 11.9 Å². The molecule has 1 saturated heterocycles. The smallest absolute Gasteiger partial charge is 0.468 e. The molecule has 0 bridgehead atoms. The molecular weight excluding hydrogens is 454 g/mol. The summed E-state index contributed by atoms with van der Waals surface area (Å²) in [6.45, 7) is 4.47. The third-order valence-corrected chi connectivity index (χ3v) is 5.35. The van der Waals surface area contributed by atoms with Gasteiger partial charge in [0.25, 0.3) is 0 Å². The second-order valence-corrected chi connectivity index (χ2v) is 8.19. The number of hydrogen-bond donors (Lipinski definition) is 2. The van der Waals surface area contributed by atoms with Gasteiger partial charge < -0.3 is 19.5 Å². The molecule has 2 heterocycles. The summed E-state index contributed by atoms with van der Waals surface area (Å²) < 4.78 is 54.5. The molecule has 1 aromatic rings. The Morgan fingerprint density at radius 1 is 1.34 bits per heavy atom. The maximum absolute atomic E-state index is 12.2. The van der Waals surface area contributed by atoms with Crippen LogP contribution in [0.5, 0.6) is 5.88 Å². The van der Waals surface area contributed by atoms with Crippen LogP contribution in [0, 0.1) is 0 Å². The molecule has 1 aliphatic rings. The molecule has 0 amide bonds. The molecule has 1 aromatic heterocycles. The Morgan fingerprint density at radius 3 is 2.66 bits per heavy atom. The average molecular weight is 478 g/mol. The Kier molecular flexibility index (Phi) is 7.77.